The van der Waals surface area contributed by atoms with Crippen molar-refractivity contribution in [3.05, 3.63) is 41.2 Å². The van der Waals surface area contributed by atoms with Crippen LogP contribution in [0.5, 0.6) is 0 Å². The van der Waals surface area contributed by atoms with Gasteiger partial charge in [-0.05, 0) is 25.5 Å². The van der Waals surface area contributed by atoms with Gasteiger partial charge in [0.2, 0.25) is 5.91 Å². The molecule has 1 aromatic heterocycles. The van der Waals surface area contributed by atoms with Gasteiger partial charge in [0, 0.05) is 24.0 Å². The fourth-order valence-electron chi connectivity index (χ4n) is 2.22. The van der Waals surface area contributed by atoms with E-state index in [1.54, 1.807) is 6.07 Å². The highest BCUT2D eigenvalue weighted by Gasteiger charge is 2.14. The maximum atomic E-state index is 13.3. The Morgan fingerprint density at radius 2 is 2.18 bits per heavy atom. The average Bonchev–Trinajstić information content (AvgIpc) is 2.96. The number of hydrogen-bond acceptors (Lipinski definition) is 3. The molecule has 2 rings (SSSR count). The number of hydrogen-bond donors (Lipinski definition) is 0. The molecular weight excluding hydrogens is 299 g/mol. The molecule has 0 fully saturated rings. The number of aromatic nitrogens is 1. The number of benzene rings is 1. The monoisotopic (exact) mass is 320 g/mol. The van der Waals surface area contributed by atoms with Crippen molar-refractivity contribution in [1.82, 2.24) is 9.88 Å². The highest BCUT2D eigenvalue weighted by atomic mass is 32.1. The number of likely N-dealkylation sites (N-methyl/N-ethyl adjacent to an activating group) is 1. The summed E-state index contributed by atoms with van der Waals surface area (Å²) in [5, 5.41) is 2.63. The summed E-state index contributed by atoms with van der Waals surface area (Å²) in [6, 6.07) is 6.37. The number of unbranched alkanes of at least 4 members (excludes halogenated alkanes) is 1. The smallest absolute Gasteiger partial charge is 0.228 e. The normalized spacial score (nSPS) is 10.7. The van der Waals surface area contributed by atoms with Crippen LogP contribution in [0.3, 0.4) is 0 Å². The summed E-state index contributed by atoms with van der Waals surface area (Å²) in [4.78, 5) is 18.6. The molecule has 1 amide bonds. The Balaban J connectivity index is 2.04. The molecular formula is C17H21FN2OS. The average molecular weight is 320 g/mol. The molecule has 22 heavy (non-hydrogen) atoms. The van der Waals surface area contributed by atoms with E-state index >= 15 is 0 Å². The summed E-state index contributed by atoms with van der Waals surface area (Å²) >= 11 is 1.44. The van der Waals surface area contributed by atoms with Gasteiger partial charge in [-0.1, -0.05) is 25.5 Å². The van der Waals surface area contributed by atoms with Gasteiger partial charge in [-0.15, -0.1) is 11.3 Å². The topological polar surface area (TPSA) is 33.2 Å². The SMILES string of the molecule is CCCCN(CC)C(=O)Cc1csc(-c2cccc(F)c2)n1. The second-order valence-corrected chi connectivity index (χ2v) is 6.02. The quantitative estimate of drug-likeness (QED) is 0.768. The van der Waals surface area contributed by atoms with Crippen LogP contribution in [-0.2, 0) is 11.2 Å². The summed E-state index contributed by atoms with van der Waals surface area (Å²) in [6.45, 7) is 5.63. The molecule has 0 aliphatic heterocycles. The van der Waals surface area contributed by atoms with Crippen molar-refractivity contribution in [1.29, 1.82) is 0 Å². The molecule has 0 radical (unpaired) electrons. The molecule has 0 saturated carbocycles. The Labute approximate surface area is 134 Å². The first-order valence-corrected chi connectivity index (χ1v) is 8.50. The minimum atomic E-state index is -0.276. The number of nitrogens with zero attached hydrogens (tertiary/aromatic N) is 2. The minimum absolute atomic E-state index is 0.104. The number of rotatable bonds is 7. The first-order valence-electron chi connectivity index (χ1n) is 7.62. The number of thiazole rings is 1. The van der Waals surface area contributed by atoms with Crippen molar-refractivity contribution in [3.8, 4) is 10.6 Å². The van der Waals surface area contributed by atoms with Crippen LogP contribution in [-0.4, -0.2) is 28.9 Å². The van der Waals surface area contributed by atoms with E-state index in [9.17, 15) is 9.18 Å². The molecule has 3 nitrogen and oxygen atoms in total. The summed E-state index contributed by atoms with van der Waals surface area (Å²) in [7, 11) is 0. The largest absolute Gasteiger partial charge is 0.343 e. The molecule has 0 aliphatic rings. The maximum absolute atomic E-state index is 13.3. The van der Waals surface area contributed by atoms with Crippen LogP contribution in [0.25, 0.3) is 10.6 Å². The molecule has 0 saturated heterocycles. The van der Waals surface area contributed by atoms with Gasteiger partial charge in [0.05, 0.1) is 12.1 Å². The van der Waals surface area contributed by atoms with Crippen molar-refractivity contribution in [2.75, 3.05) is 13.1 Å². The van der Waals surface area contributed by atoms with Crippen molar-refractivity contribution in [2.24, 2.45) is 0 Å². The Morgan fingerprint density at radius 1 is 1.36 bits per heavy atom. The molecule has 0 N–H and O–H groups in total. The molecule has 0 spiro atoms. The number of carbonyl (C=O) groups excluding carboxylic acids is 1. The molecule has 118 valence electrons. The van der Waals surface area contributed by atoms with Crippen LogP contribution in [0, 0.1) is 5.82 Å². The zero-order valence-electron chi connectivity index (χ0n) is 13.0. The second-order valence-electron chi connectivity index (χ2n) is 5.16. The first kappa shape index (κ1) is 16.6. The molecule has 5 heteroatoms. The van der Waals surface area contributed by atoms with Gasteiger partial charge >= 0.3 is 0 Å². The van der Waals surface area contributed by atoms with Gasteiger partial charge < -0.3 is 4.90 Å². The Hall–Kier alpha value is -1.75. The highest BCUT2D eigenvalue weighted by Crippen LogP contribution is 2.24. The predicted octanol–water partition coefficient (Wildman–Crippen LogP) is 4.14. The predicted molar refractivity (Wildman–Crippen MR) is 88.4 cm³/mol. The van der Waals surface area contributed by atoms with E-state index in [-0.39, 0.29) is 11.7 Å². The van der Waals surface area contributed by atoms with Gasteiger partial charge in [-0.25, -0.2) is 9.37 Å². The van der Waals surface area contributed by atoms with Gasteiger partial charge in [-0.2, -0.15) is 0 Å². The van der Waals surface area contributed by atoms with Crippen LogP contribution in [0.4, 0.5) is 4.39 Å². The van der Waals surface area contributed by atoms with Crippen molar-refractivity contribution in [2.45, 2.75) is 33.1 Å². The highest BCUT2D eigenvalue weighted by molar-refractivity contribution is 7.13. The fourth-order valence-corrected chi connectivity index (χ4v) is 3.03. The molecule has 2 aromatic rings. The summed E-state index contributed by atoms with van der Waals surface area (Å²) in [6.07, 6.45) is 2.40. The van der Waals surface area contributed by atoms with Crippen molar-refractivity contribution < 1.29 is 9.18 Å². The maximum Gasteiger partial charge on any atom is 0.228 e. The summed E-state index contributed by atoms with van der Waals surface area (Å²) in [5.74, 6) is -0.172. The Kier molecular flexibility index (Phi) is 6.07. The summed E-state index contributed by atoms with van der Waals surface area (Å²) < 4.78 is 13.3. The number of amides is 1. The molecule has 0 atom stereocenters. The van der Waals surface area contributed by atoms with E-state index in [1.807, 2.05) is 23.3 Å². The molecule has 1 aromatic carbocycles. The minimum Gasteiger partial charge on any atom is -0.343 e. The van der Waals surface area contributed by atoms with E-state index in [0.717, 1.165) is 42.2 Å². The van der Waals surface area contributed by atoms with E-state index in [0.29, 0.717) is 6.42 Å². The van der Waals surface area contributed by atoms with Gasteiger partial charge in [-0.3, -0.25) is 4.79 Å². The Bertz CT molecular complexity index is 627. The number of carbonyl (C=O) groups is 1. The van der Waals surface area contributed by atoms with Crippen molar-refractivity contribution in [3.63, 3.8) is 0 Å². The van der Waals surface area contributed by atoms with Gasteiger partial charge in [0.25, 0.3) is 0 Å². The van der Waals surface area contributed by atoms with Crippen LogP contribution in [0.1, 0.15) is 32.4 Å². The van der Waals surface area contributed by atoms with Crippen molar-refractivity contribution >= 4 is 17.2 Å². The van der Waals surface area contributed by atoms with Crippen LogP contribution >= 0.6 is 11.3 Å². The first-order chi connectivity index (χ1) is 10.6. The standard InChI is InChI=1S/C17H21FN2OS/c1-3-5-9-20(4-2)16(21)11-15-12-22-17(19-15)13-7-6-8-14(18)10-13/h6-8,10,12H,3-5,9,11H2,1-2H3. The van der Waals surface area contributed by atoms with E-state index in [1.165, 1.54) is 23.5 Å². The summed E-state index contributed by atoms with van der Waals surface area (Å²) in [5.41, 5.74) is 1.51. The third-order valence-corrected chi connectivity index (χ3v) is 4.41. The van der Waals surface area contributed by atoms with E-state index < -0.39 is 0 Å². The lowest BCUT2D eigenvalue weighted by Crippen LogP contribution is -2.33. The lowest BCUT2D eigenvalue weighted by molar-refractivity contribution is -0.130. The van der Waals surface area contributed by atoms with Crippen LogP contribution in [0.2, 0.25) is 0 Å². The zero-order valence-corrected chi connectivity index (χ0v) is 13.8. The van der Waals surface area contributed by atoms with Crippen LogP contribution in [0.15, 0.2) is 29.6 Å². The second kappa shape index (κ2) is 8.03. The zero-order chi connectivity index (χ0) is 15.9. The number of halogens is 1. The molecule has 0 bridgehead atoms. The van der Waals surface area contributed by atoms with E-state index in [4.69, 9.17) is 0 Å². The molecule has 0 unspecified atom stereocenters. The lowest BCUT2D eigenvalue weighted by Gasteiger charge is -2.20. The Morgan fingerprint density at radius 3 is 2.86 bits per heavy atom. The lowest BCUT2D eigenvalue weighted by atomic mass is 10.2. The van der Waals surface area contributed by atoms with Gasteiger partial charge in [0.15, 0.2) is 0 Å². The molecule has 1 heterocycles. The van der Waals surface area contributed by atoms with E-state index in [2.05, 4.69) is 11.9 Å². The molecule has 0 aliphatic carbocycles. The third-order valence-electron chi connectivity index (χ3n) is 3.47. The third kappa shape index (κ3) is 4.37. The van der Waals surface area contributed by atoms with Gasteiger partial charge in [0.1, 0.15) is 10.8 Å². The van der Waals surface area contributed by atoms with Crippen LogP contribution < -0.4 is 0 Å². The fraction of sp³-hybridized carbons (Fsp3) is 0.412.